The molecule has 0 spiro atoms. The number of ether oxygens (including phenoxy) is 1. The van der Waals surface area contributed by atoms with E-state index in [-0.39, 0.29) is 0 Å². The fourth-order valence-corrected chi connectivity index (χ4v) is 2.58. The molecule has 0 aromatic heterocycles. The van der Waals surface area contributed by atoms with E-state index in [1.165, 1.54) is 13.2 Å². The Hall–Kier alpha value is -1.14. The van der Waals surface area contributed by atoms with Crippen molar-refractivity contribution in [1.82, 2.24) is 0 Å². The Bertz CT molecular complexity index is 471. The van der Waals surface area contributed by atoms with Gasteiger partial charge in [0.05, 0.1) is 12.7 Å². The van der Waals surface area contributed by atoms with Crippen LogP contribution in [0.15, 0.2) is 27.2 Å². The van der Waals surface area contributed by atoms with Crippen LogP contribution in [0.2, 0.25) is 0 Å². The second-order valence-electron chi connectivity index (χ2n) is 3.02. The molecule has 0 aliphatic rings. The van der Waals surface area contributed by atoms with Crippen molar-refractivity contribution in [3.8, 4) is 0 Å². The lowest BCUT2D eigenvalue weighted by Crippen LogP contribution is -2.01. The second kappa shape index (κ2) is 5.97. The molecule has 1 rings (SSSR count). The number of halogens is 2. The molecule has 1 aromatic rings. The summed E-state index contributed by atoms with van der Waals surface area (Å²) in [6, 6.07) is 3.14. The van der Waals surface area contributed by atoms with Crippen LogP contribution in [0.1, 0.15) is 15.9 Å². The minimum absolute atomic E-state index is 0.374. The lowest BCUT2D eigenvalue weighted by Gasteiger charge is -2.05. The molecule has 0 atom stereocenters. The van der Waals surface area contributed by atoms with Gasteiger partial charge in [-0.15, -0.1) is 0 Å². The SMILES string of the molecule is COC(=O)c1cc(Br)c(C=CC(=O)O)c(Br)c1. The van der Waals surface area contributed by atoms with Crippen LogP contribution in [0.5, 0.6) is 0 Å². The Morgan fingerprint density at radius 1 is 1.29 bits per heavy atom. The molecule has 0 radical (unpaired) electrons. The van der Waals surface area contributed by atoms with Gasteiger partial charge in [-0.25, -0.2) is 9.59 Å². The van der Waals surface area contributed by atoms with Crippen LogP contribution in [0.4, 0.5) is 0 Å². The van der Waals surface area contributed by atoms with E-state index in [0.29, 0.717) is 20.1 Å². The third-order valence-corrected chi connectivity index (χ3v) is 3.20. The summed E-state index contributed by atoms with van der Waals surface area (Å²) >= 11 is 6.53. The molecule has 0 bridgehead atoms. The van der Waals surface area contributed by atoms with E-state index in [0.717, 1.165) is 6.08 Å². The first kappa shape index (κ1) is 13.9. The minimum atomic E-state index is -1.04. The summed E-state index contributed by atoms with van der Waals surface area (Å²) in [4.78, 5) is 21.7. The maximum Gasteiger partial charge on any atom is 0.337 e. The van der Waals surface area contributed by atoms with Gasteiger partial charge >= 0.3 is 11.9 Å². The van der Waals surface area contributed by atoms with Crippen molar-refractivity contribution >= 4 is 49.9 Å². The zero-order chi connectivity index (χ0) is 13.0. The average molecular weight is 364 g/mol. The van der Waals surface area contributed by atoms with Gasteiger partial charge in [0.25, 0.3) is 0 Å². The Morgan fingerprint density at radius 3 is 2.24 bits per heavy atom. The molecule has 6 heteroatoms. The highest BCUT2D eigenvalue weighted by Gasteiger charge is 2.11. The van der Waals surface area contributed by atoms with Crippen LogP contribution < -0.4 is 0 Å². The Morgan fingerprint density at radius 2 is 1.82 bits per heavy atom. The molecule has 90 valence electrons. The Balaban J connectivity index is 3.19. The van der Waals surface area contributed by atoms with Crippen molar-refractivity contribution in [2.75, 3.05) is 7.11 Å². The summed E-state index contributed by atoms with van der Waals surface area (Å²) in [6.45, 7) is 0. The zero-order valence-electron chi connectivity index (χ0n) is 8.74. The zero-order valence-corrected chi connectivity index (χ0v) is 11.9. The van der Waals surface area contributed by atoms with E-state index in [4.69, 9.17) is 5.11 Å². The van der Waals surface area contributed by atoms with Crippen molar-refractivity contribution < 1.29 is 19.4 Å². The van der Waals surface area contributed by atoms with Gasteiger partial charge in [0, 0.05) is 20.6 Å². The summed E-state index contributed by atoms with van der Waals surface area (Å²) in [5.41, 5.74) is 1.01. The number of benzene rings is 1. The molecule has 0 saturated heterocycles. The first-order valence-electron chi connectivity index (χ1n) is 4.44. The number of carboxylic acid groups (broad SMARTS) is 1. The van der Waals surface area contributed by atoms with E-state index in [1.54, 1.807) is 12.1 Å². The van der Waals surface area contributed by atoms with Crippen LogP contribution in [0, 0.1) is 0 Å². The molecular formula is C11H8Br2O4. The molecule has 1 N–H and O–H groups in total. The van der Waals surface area contributed by atoms with Crippen molar-refractivity contribution in [3.05, 3.63) is 38.3 Å². The van der Waals surface area contributed by atoms with Crippen LogP contribution >= 0.6 is 31.9 Å². The van der Waals surface area contributed by atoms with Gasteiger partial charge in [-0.3, -0.25) is 0 Å². The van der Waals surface area contributed by atoms with Crippen molar-refractivity contribution in [3.63, 3.8) is 0 Å². The van der Waals surface area contributed by atoms with E-state index < -0.39 is 11.9 Å². The summed E-state index contributed by atoms with van der Waals surface area (Å²) in [5, 5.41) is 8.55. The molecular weight excluding hydrogens is 356 g/mol. The molecule has 0 aliphatic carbocycles. The smallest absolute Gasteiger partial charge is 0.337 e. The fourth-order valence-electron chi connectivity index (χ4n) is 1.13. The molecule has 0 heterocycles. The number of hydrogen-bond acceptors (Lipinski definition) is 3. The number of rotatable bonds is 3. The summed E-state index contributed by atoms with van der Waals surface area (Å²) in [6.07, 6.45) is 2.44. The maximum atomic E-state index is 11.3. The van der Waals surface area contributed by atoms with Crippen molar-refractivity contribution in [1.29, 1.82) is 0 Å². The van der Waals surface area contributed by atoms with Crippen LogP contribution in [-0.4, -0.2) is 24.2 Å². The first-order valence-corrected chi connectivity index (χ1v) is 6.02. The van der Waals surface area contributed by atoms with E-state index >= 15 is 0 Å². The van der Waals surface area contributed by atoms with E-state index in [9.17, 15) is 9.59 Å². The third kappa shape index (κ3) is 3.67. The summed E-state index contributed by atoms with van der Waals surface area (Å²) in [7, 11) is 1.29. The fraction of sp³-hybridized carbons (Fsp3) is 0.0909. The monoisotopic (exact) mass is 362 g/mol. The number of carbonyl (C=O) groups excluding carboxylic acids is 1. The minimum Gasteiger partial charge on any atom is -0.478 e. The molecule has 0 unspecified atom stereocenters. The molecule has 0 fully saturated rings. The predicted octanol–water partition coefficient (Wildman–Crippen LogP) is 3.10. The molecule has 1 aromatic carbocycles. The normalized spacial score (nSPS) is 10.5. The summed E-state index contributed by atoms with van der Waals surface area (Å²) in [5.74, 6) is -1.50. The highest BCUT2D eigenvalue weighted by atomic mass is 79.9. The van der Waals surface area contributed by atoms with Gasteiger partial charge in [0.1, 0.15) is 0 Å². The number of esters is 1. The van der Waals surface area contributed by atoms with Crippen LogP contribution in [-0.2, 0) is 9.53 Å². The van der Waals surface area contributed by atoms with Crippen molar-refractivity contribution in [2.45, 2.75) is 0 Å². The molecule has 17 heavy (non-hydrogen) atoms. The highest BCUT2D eigenvalue weighted by molar-refractivity contribution is 9.11. The number of carbonyl (C=O) groups is 2. The average Bonchev–Trinajstić information content (AvgIpc) is 2.26. The van der Waals surface area contributed by atoms with Crippen LogP contribution in [0.3, 0.4) is 0 Å². The summed E-state index contributed by atoms with van der Waals surface area (Å²) < 4.78 is 5.79. The first-order chi connectivity index (χ1) is 7.95. The Labute approximate surface area is 115 Å². The molecule has 0 aliphatic heterocycles. The quantitative estimate of drug-likeness (QED) is 0.662. The second-order valence-corrected chi connectivity index (χ2v) is 4.73. The van der Waals surface area contributed by atoms with Gasteiger partial charge < -0.3 is 9.84 Å². The molecule has 0 saturated carbocycles. The number of carboxylic acids is 1. The van der Waals surface area contributed by atoms with E-state index in [2.05, 4.69) is 36.6 Å². The highest BCUT2D eigenvalue weighted by Crippen LogP contribution is 2.28. The van der Waals surface area contributed by atoms with Gasteiger partial charge in [0.15, 0.2) is 0 Å². The number of aliphatic carboxylic acids is 1. The van der Waals surface area contributed by atoms with Crippen LogP contribution in [0.25, 0.3) is 6.08 Å². The third-order valence-electron chi connectivity index (χ3n) is 1.89. The van der Waals surface area contributed by atoms with Gasteiger partial charge in [-0.2, -0.15) is 0 Å². The molecule has 4 nitrogen and oxygen atoms in total. The van der Waals surface area contributed by atoms with Crippen molar-refractivity contribution in [2.24, 2.45) is 0 Å². The van der Waals surface area contributed by atoms with Gasteiger partial charge in [-0.05, 0) is 18.2 Å². The van der Waals surface area contributed by atoms with Gasteiger partial charge in [0.2, 0.25) is 0 Å². The predicted molar refractivity (Wildman–Crippen MR) is 69.9 cm³/mol. The number of methoxy groups -OCH3 is 1. The standard InChI is InChI=1S/C11H8Br2O4/c1-17-11(16)6-4-8(12)7(9(13)5-6)2-3-10(14)15/h2-5H,1H3,(H,14,15). The topological polar surface area (TPSA) is 63.6 Å². The lowest BCUT2D eigenvalue weighted by molar-refractivity contribution is -0.131. The maximum absolute atomic E-state index is 11.3. The molecule has 0 amide bonds. The lowest BCUT2D eigenvalue weighted by atomic mass is 10.1. The Kier molecular flexibility index (Phi) is 4.89. The number of hydrogen-bond donors (Lipinski definition) is 1. The largest absolute Gasteiger partial charge is 0.478 e. The van der Waals surface area contributed by atoms with E-state index in [1.807, 2.05) is 0 Å². The van der Waals surface area contributed by atoms with Gasteiger partial charge in [-0.1, -0.05) is 31.9 Å².